The summed E-state index contributed by atoms with van der Waals surface area (Å²) in [6.07, 6.45) is 13.6. The smallest absolute Gasteiger partial charge is 0.244 e. The lowest BCUT2D eigenvalue weighted by molar-refractivity contribution is -0.117. The Hall–Kier alpha value is -1.79. The second kappa shape index (κ2) is 13.5. The van der Waals surface area contributed by atoms with Crippen LogP contribution < -0.4 is 11.1 Å². The highest BCUT2D eigenvalue weighted by molar-refractivity contribution is 6.24. The van der Waals surface area contributed by atoms with Gasteiger partial charge in [0.2, 0.25) is 5.91 Å². The lowest BCUT2D eigenvalue weighted by Crippen LogP contribution is -2.53. The lowest BCUT2D eigenvalue weighted by Gasteiger charge is -2.45. The Labute approximate surface area is 233 Å². The number of alkyl halides is 1. The molecule has 1 amide bonds. The summed E-state index contributed by atoms with van der Waals surface area (Å²) >= 11 is 0. The maximum absolute atomic E-state index is 14.0. The van der Waals surface area contributed by atoms with Gasteiger partial charge in [0.15, 0.2) is 0 Å². The first-order valence-electron chi connectivity index (χ1n) is 13.8. The van der Waals surface area contributed by atoms with Crippen LogP contribution in [0, 0.1) is 5.41 Å². The fraction of sp³-hybridized carbons (Fsp3) is 0.633. The average molecular weight is 516 g/mol. The zero-order valence-corrected chi connectivity index (χ0v) is 24.0. The summed E-state index contributed by atoms with van der Waals surface area (Å²) in [5.41, 5.74) is 11.1. The van der Waals surface area contributed by atoms with Crippen molar-refractivity contribution < 1.29 is 14.3 Å². The van der Waals surface area contributed by atoms with Gasteiger partial charge in [0.1, 0.15) is 6.17 Å². The fourth-order valence-corrected chi connectivity index (χ4v) is 5.42. The van der Waals surface area contributed by atoms with E-state index in [0.29, 0.717) is 5.57 Å². The van der Waals surface area contributed by atoms with Crippen molar-refractivity contribution in [1.82, 2.24) is 5.32 Å². The number of amides is 1. The predicted octanol–water partition coefficient (Wildman–Crippen LogP) is 5.08. The molecule has 6 radical (unpaired) electrons. The molecule has 7 atom stereocenters. The number of nitrogens with two attached hydrogens (primary N) is 1. The van der Waals surface area contributed by atoms with Crippen molar-refractivity contribution >= 4 is 29.4 Å². The zero-order chi connectivity index (χ0) is 28.8. The van der Waals surface area contributed by atoms with Crippen molar-refractivity contribution in [3.8, 4) is 0 Å². The highest BCUT2D eigenvalue weighted by atomic mass is 19.1. The van der Waals surface area contributed by atoms with Gasteiger partial charge in [-0.1, -0.05) is 75.4 Å². The monoisotopic (exact) mass is 516 g/mol. The predicted molar refractivity (Wildman–Crippen MR) is 159 cm³/mol. The van der Waals surface area contributed by atoms with E-state index in [0.717, 1.165) is 37.7 Å². The minimum Gasteiger partial charge on any atom is -0.391 e. The summed E-state index contributed by atoms with van der Waals surface area (Å²) in [4.78, 5) is 12.5. The first-order valence-corrected chi connectivity index (χ1v) is 13.8. The van der Waals surface area contributed by atoms with Crippen LogP contribution in [0.15, 0.2) is 58.7 Å². The van der Waals surface area contributed by atoms with Crippen LogP contribution in [0.1, 0.15) is 73.6 Å². The summed E-state index contributed by atoms with van der Waals surface area (Å²) in [5.74, 6) is -3.50. The minimum absolute atomic E-state index is 0.0763. The molecule has 0 bridgehead atoms. The summed E-state index contributed by atoms with van der Waals surface area (Å²) in [7, 11) is 17.6. The highest BCUT2D eigenvalue weighted by Crippen LogP contribution is 2.46. The van der Waals surface area contributed by atoms with Gasteiger partial charge < -0.3 is 16.2 Å². The van der Waals surface area contributed by atoms with Crippen LogP contribution in [-0.4, -0.2) is 58.4 Å². The SMILES string of the molecule is [B]C1C([B])C(NC(=O)/C=C(C)/C=C/C=C(C)/C=C/C2=C(C)C(N)(CCCC)CCC2(C)C)C([B])C(O)C1F. The molecule has 1 saturated carbocycles. The third-order valence-corrected chi connectivity index (χ3v) is 8.31. The summed E-state index contributed by atoms with van der Waals surface area (Å²) < 4.78 is 14.0. The molecule has 0 heterocycles. The van der Waals surface area contributed by atoms with E-state index in [-0.39, 0.29) is 11.0 Å². The Kier molecular flexibility index (Phi) is 11.5. The van der Waals surface area contributed by atoms with Crippen molar-refractivity contribution in [2.75, 3.05) is 0 Å². The number of hydrogen-bond acceptors (Lipinski definition) is 3. The Morgan fingerprint density at radius 2 is 1.79 bits per heavy atom. The Balaban J connectivity index is 2.07. The number of aliphatic hydroxyl groups excluding tert-OH is 1. The van der Waals surface area contributed by atoms with Gasteiger partial charge in [0.25, 0.3) is 0 Å². The zero-order valence-electron chi connectivity index (χ0n) is 24.0. The van der Waals surface area contributed by atoms with E-state index in [1.165, 1.54) is 17.2 Å². The molecule has 8 heteroatoms. The number of halogens is 1. The van der Waals surface area contributed by atoms with E-state index >= 15 is 0 Å². The lowest BCUT2D eigenvalue weighted by atomic mass is 9.50. The van der Waals surface area contributed by atoms with E-state index < -0.39 is 41.7 Å². The first-order chi connectivity index (χ1) is 17.6. The minimum atomic E-state index is -1.74. The highest BCUT2D eigenvalue weighted by Gasteiger charge is 2.44. The maximum Gasteiger partial charge on any atom is 0.244 e. The quantitative estimate of drug-likeness (QED) is 0.227. The number of rotatable bonds is 9. The van der Waals surface area contributed by atoms with Gasteiger partial charge in [-0.15, -0.1) is 0 Å². The summed E-state index contributed by atoms with van der Waals surface area (Å²) in [6.45, 7) is 12.8. The molecule has 2 aliphatic rings. The molecule has 0 aliphatic heterocycles. The number of carbonyl (C=O) groups is 1. The van der Waals surface area contributed by atoms with Gasteiger partial charge in [-0.3, -0.25) is 4.79 Å². The molecule has 0 aromatic heterocycles. The normalized spacial score (nSPS) is 34.8. The Morgan fingerprint density at radius 3 is 2.42 bits per heavy atom. The molecular formula is C30H44B3FN2O2. The van der Waals surface area contributed by atoms with Crippen molar-refractivity contribution in [2.45, 2.75) is 115 Å². The van der Waals surface area contributed by atoms with Crippen molar-refractivity contribution in [3.63, 3.8) is 0 Å². The van der Waals surface area contributed by atoms with E-state index in [4.69, 9.17) is 29.3 Å². The molecule has 7 unspecified atom stereocenters. The van der Waals surface area contributed by atoms with Crippen LogP contribution in [0.2, 0.25) is 17.5 Å². The average Bonchev–Trinajstić information content (AvgIpc) is 2.85. The number of hydrogen-bond donors (Lipinski definition) is 3. The van der Waals surface area contributed by atoms with Crippen molar-refractivity contribution in [3.05, 3.63) is 58.7 Å². The number of allylic oxidation sites excluding steroid dienone is 8. The molecule has 2 rings (SSSR count). The van der Waals surface area contributed by atoms with Gasteiger partial charge in [-0.05, 0) is 73.8 Å². The second-order valence-electron chi connectivity index (χ2n) is 11.9. The second-order valence-corrected chi connectivity index (χ2v) is 11.9. The molecule has 0 saturated heterocycles. The maximum atomic E-state index is 14.0. The molecule has 1 fully saturated rings. The molecule has 4 nitrogen and oxygen atoms in total. The third-order valence-electron chi connectivity index (χ3n) is 8.31. The number of unbranched alkanes of at least 4 members (excludes halogenated alkanes) is 1. The van der Waals surface area contributed by atoms with E-state index in [1.807, 2.05) is 25.2 Å². The van der Waals surface area contributed by atoms with Crippen LogP contribution in [0.4, 0.5) is 4.39 Å². The van der Waals surface area contributed by atoms with Crippen LogP contribution in [0.25, 0.3) is 0 Å². The van der Waals surface area contributed by atoms with Crippen molar-refractivity contribution in [2.24, 2.45) is 11.1 Å². The third kappa shape index (κ3) is 7.88. The van der Waals surface area contributed by atoms with E-state index in [9.17, 15) is 14.3 Å². The van der Waals surface area contributed by atoms with Crippen LogP contribution in [-0.2, 0) is 4.79 Å². The topological polar surface area (TPSA) is 75.4 Å². The largest absolute Gasteiger partial charge is 0.391 e. The molecule has 2 aliphatic carbocycles. The molecular weight excluding hydrogens is 472 g/mol. The molecule has 0 aromatic rings. The molecule has 202 valence electrons. The Bertz CT molecular complexity index is 987. The van der Waals surface area contributed by atoms with Crippen LogP contribution in [0.3, 0.4) is 0 Å². The number of aliphatic hydroxyl groups is 1. The van der Waals surface area contributed by atoms with Gasteiger partial charge in [0, 0.05) is 17.7 Å². The van der Waals surface area contributed by atoms with Crippen LogP contribution >= 0.6 is 0 Å². The Morgan fingerprint density at radius 1 is 1.13 bits per heavy atom. The van der Waals surface area contributed by atoms with E-state index in [2.05, 4.69) is 45.2 Å². The summed E-state index contributed by atoms with van der Waals surface area (Å²) in [5, 5.41) is 12.6. The first kappa shape index (κ1) is 32.4. The standard InChI is InChI=1S/C30H44B3FN2O2/c1-7-8-14-30(35)16-15-29(5,6)21(20(30)4)13-12-18(2)10-9-11-19(3)17-22(37)36-27-24(32)23(31)26(34)28(38)25(27)33/h9-13,17,23-28,38H,7-8,14-16,35H2,1-6H3,(H,36,37)/b11-9+,13-12+,18-10+,19-17+. The molecule has 0 aromatic carbocycles. The molecule has 4 N–H and O–H groups in total. The van der Waals surface area contributed by atoms with Gasteiger partial charge in [-0.25, -0.2) is 4.39 Å². The fourth-order valence-electron chi connectivity index (χ4n) is 5.42. The summed E-state index contributed by atoms with van der Waals surface area (Å²) in [6, 6.07) is -0.837. The van der Waals surface area contributed by atoms with Gasteiger partial charge in [0.05, 0.1) is 29.6 Å². The number of nitrogens with one attached hydrogen (secondary N) is 1. The molecule has 38 heavy (non-hydrogen) atoms. The van der Waals surface area contributed by atoms with Gasteiger partial charge in [-0.2, -0.15) is 0 Å². The van der Waals surface area contributed by atoms with Crippen LogP contribution in [0.5, 0.6) is 0 Å². The molecule has 0 spiro atoms. The van der Waals surface area contributed by atoms with Gasteiger partial charge >= 0.3 is 0 Å². The van der Waals surface area contributed by atoms with E-state index in [1.54, 1.807) is 6.92 Å². The number of carbonyl (C=O) groups excluding carboxylic acids is 1. The van der Waals surface area contributed by atoms with Crippen molar-refractivity contribution in [1.29, 1.82) is 0 Å².